The lowest BCUT2D eigenvalue weighted by Gasteiger charge is -2.07. The molecule has 1 aromatic rings. The van der Waals surface area contributed by atoms with E-state index in [2.05, 4.69) is 5.32 Å². The minimum absolute atomic E-state index is 0.120. The normalized spacial score (nSPS) is 14.9. The highest BCUT2D eigenvalue weighted by Gasteiger charge is 2.23. The zero-order chi connectivity index (χ0) is 9.26. The zero-order valence-corrected chi connectivity index (χ0v) is 7.06. The largest absolute Gasteiger partial charge is 0.413 e. The Morgan fingerprint density at radius 2 is 2.54 bits per heavy atom. The second kappa shape index (κ2) is 3.01. The van der Waals surface area contributed by atoms with Crippen molar-refractivity contribution in [3.05, 3.63) is 18.2 Å². The Morgan fingerprint density at radius 3 is 3.23 bits per heavy atom. The molecular weight excluding hydrogens is 170 g/mol. The number of aldehydes is 1. The monoisotopic (exact) mass is 180 g/mol. The van der Waals surface area contributed by atoms with Crippen LogP contribution >= 0.6 is 0 Å². The van der Waals surface area contributed by atoms with Crippen molar-refractivity contribution in [2.75, 3.05) is 6.54 Å². The molecule has 1 N–H and O–H groups in total. The summed E-state index contributed by atoms with van der Waals surface area (Å²) in [4.78, 5) is 21.5. The van der Waals surface area contributed by atoms with Crippen LogP contribution in [0.4, 0.5) is 4.79 Å². The molecule has 0 fully saturated rings. The lowest BCUT2D eigenvalue weighted by Crippen LogP contribution is -2.37. The lowest BCUT2D eigenvalue weighted by molar-refractivity contribution is -0.682. The van der Waals surface area contributed by atoms with Gasteiger partial charge in [-0.1, -0.05) is 0 Å². The maximum Gasteiger partial charge on any atom is 0.413 e. The average molecular weight is 180 g/mol. The molecule has 68 valence electrons. The van der Waals surface area contributed by atoms with Crippen LogP contribution in [-0.2, 0) is 17.8 Å². The van der Waals surface area contributed by atoms with E-state index in [0.717, 1.165) is 18.4 Å². The Morgan fingerprint density at radius 1 is 1.69 bits per heavy atom. The first-order valence-corrected chi connectivity index (χ1v) is 4.13. The van der Waals surface area contributed by atoms with Crippen molar-refractivity contribution < 1.29 is 14.2 Å². The number of nitrogens with one attached hydrogen (secondary N) is 1. The Hall–Kier alpha value is -1.65. The van der Waals surface area contributed by atoms with E-state index in [9.17, 15) is 9.59 Å². The maximum atomic E-state index is 11.3. The molecule has 1 amide bonds. The van der Waals surface area contributed by atoms with Crippen molar-refractivity contribution in [3.8, 4) is 0 Å². The summed E-state index contributed by atoms with van der Waals surface area (Å²) in [5.41, 5.74) is 0.950. The molecule has 0 bridgehead atoms. The van der Waals surface area contributed by atoms with E-state index in [1.165, 1.54) is 4.57 Å². The molecule has 5 heteroatoms. The minimum Gasteiger partial charge on any atom is -0.317 e. The van der Waals surface area contributed by atoms with Gasteiger partial charge in [-0.05, 0) is 0 Å². The van der Waals surface area contributed by atoms with E-state index < -0.39 is 0 Å². The van der Waals surface area contributed by atoms with Crippen molar-refractivity contribution in [1.29, 1.82) is 0 Å². The third-order valence-electron chi connectivity index (χ3n) is 2.05. The predicted octanol–water partition coefficient (Wildman–Crippen LogP) is -0.912. The third-order valence-corrected chi connectivity index (χ3v) is 2.05. The summed E-state index contributed by atoms with van der Waals surface area (Å²) in [6, 6.07) is -0.120. The summed E-state index contributed by atoms with van der Waals surface area (Å²) >= 11 is 0. The number of aromatic nitrogens is 2. The van der Waals surface area contributed by atoms with E-state index in [4.69, 9.17) is 0 Å². The fraction of sp³-hybridized carbons (Fsp3) is 0.375. The molecule has 13 heavy (non-hydrogen) atoms. The van der Waals surface area contributed by atoms with Crippen LogP contribution in [0.3, 0.4) is 0 Å². The van der Waals surface area contributed by atoms with Crippen molar-refractivity contribution in [3.63, 3.8) is 0 Å². The molecular formula is C8H10N3O2+. The van der Waals surface area contributed by atoms with E-state index in [1.54, 1.807) is 10.9 Å². The third kappa shape index (κ3) is 1.32. The molecule has 2 rings (SSSR count). The standard InChI is InChI=1S/C8H9N3O2/c12-4-3-10-5-7-1-2-9-8(13)11(7)6-10/h4-6H,1-3H2/p+1. The molecule has 0 saturated heterocycles. The molecule has 1 aliphatic rings. The second-order valence-corrected chi connectivity index (χ2v) is 2.95. The smallest absolute Gasteiger partial charge is 0.317 e. The fourth-order valence-electron chi connectivity index (χ4n) is 1.45. The van der Waals surface area contributed by atoms with E-state index in [0.29, 0.717) is 13.1 Å². The molecule has 1 aromatic heterocycles. The molecule has 5 nitrogen and oxygen atoms in total. The summed E-state index contributed by atoms with van der Waals surface area (Å²) in [6.45, 7) is 0.969. The first-order valence-electron chi connectivity index (χ1n) is 4.13. The summed E-state index contributed by atoms with van der Waals surface area (Å²) in [7, 11) is 0. The van der Waals surface area contributed by atoms with Crippen LogP contribution in [0.2, 0.25) is 0 Å². The highest BCUT2D eigenvalue weighted by molar-refractivity contribution is 5.78. The summed E-state index contributed by atoms with van der Waals surface area (Å²) in [5.74, 6) is 0. The van der Waals surface area contributed by atoms with E-state index in [-0.39, 0.29) is 6.03 Å². The number of nitrogens with zero attached hydrogens (tertiary/aromatic N) is 2. The van der Waals surface area contributed by atoms with Gasteiger partial charge in [0.2, 0.25) is 0 Å². The van der Waals surface area contributed by atoms with Crippen LogP contribution < -0.4 is 9.88 Å². The average Bonchev–Trinajstić information content (AvgIpc) is 2.49. The first-order chi connectivity index (χ1) is 6.31. The number of imidazole rings is 1. The number of hydrogen-bond acceptors (Lipinski definition) is 2. The number of carbonyl (C=O) groups is 2. The van der Waals surface area contributed by atoms with Gasteiger partial charge >= 0.3 is 6.03 Å². The Kier molecular flexibility index (Phi) is 1.84. The SMILES string of the molecule is O=CC[n+]1cc2n(c1)C(=O)NCC2. The topological polar surface area (TPSA) is 55.0 Å². The first kappa shape index (κ1) is 7.97. The van der Waals surface area contributed by atoms with E-state index in [1.807, 2.05) is 6.20 Å². The van der Waals surface area contributed by atoms with Crippen LogP contribution in [-0.4, -0.2) is 23.4 Å². The zero-order valence-electron chi connectivity index (χ0n) is 7.06. The minimum atomic E-state index is -0.120. The highest BCUT2D eigenvalue weighted by Crippen LogP contribution is 2.02. The Labute approximate surface area is 75.0 Å². The van der Waals surface area contributed by atoms with Crippen LogP contribution in [0.1, 0.15) is 5.69 Å². The lowest BCUT2D eigenvalue weighted by atomic mass is 10.3. The van der Waals surface area contributed by atoms with Crippen LogP contribution in [0, 0.1) is 0 Å². The van der Waals surface area contributed by atoms with Gasteiger partial charge in [0.25, 0.3) is 6.33 Å². The van der Waals surface area contributed by atoms with Gasteiger partial charge in [-0.2, -0.15) is 0 Å². The van der Waals surface area contributed by atoms with Crippen molar-refractivity contribution in [2.45, 2.75) is 13.0 Å². The molecule has 2 heterocycles. The second-order valence-electron chi connectivity index (χ2n) is 2.95. The van der Waals surface area contributed by atoms with Gasteiger partial charge in [-0.15, -0.1) is 4.57 Å². The molecule has 0 spiro atoms. The van der Waals surface area contributed by atoms with E-state index >= 15 is 0 Å². The summed E-state index contributed by atoms with van der Waals surface area (Å²) < 4.78 is 3.24. The fourth-order valence-corrected chi connectivity index (χ4v) is 1.45. The quantitative estimate of drug-likeness (QED) is 0.473. The molecule has 0 aliphatic carbocycles. The molecule has 0 radical (unpaired) electrons. The van der Waals surface area contributed by atoms with Gasteiger partial charge in [0, 0.05) is 13.0 Å². The van der Waals surface area contributed by atoms with Gasteiger partial charge in [-0.25, -0.2) is 9.36 Å². The number of fused-ring (bicyclic) bond motifs is 1. The van der Waals surface area contributed by atoms with Gasteiger partial charge < -0.3 is 5.32 Å². The molecule has 0 saturated carbocycles. The molecule has 0 atom stereocenters. The van der Waals surface area contributed by atoms with Gasteiger partial charge in [0.1, 0.15) is 12.7 Å². The van der Waals surface area contributed by atoms with Crippen LogP contribution in [0.25, 0.3) is 0 Å². The summed E-state index contributed by atoms with van der Waals surface area (Å²) in [5, 5.41) is 2.72. The Balaban J connectivity index is 2.36. The number of amides is 1. The molecule has 1 aliphatic heterocycles. The van der Waals surface area contributed by atoms with Crippen LogP contribution in [0.5, 0.6) is 0 Å². The Bertz CT molecular complexity index is 356. The van der Waals surface area contributed by atoms with Crippen molar-refractivity contribution in [2.24, 2.45) is 0 Å². The number of hydrogen-bond donors (Lipinski definition) is 1. The van der Waals surface area contributed by atoms with Gasteiger partial charge in [0.05, 0.1) is 0 Å². The maximum absolute atomic E-state index is 11.3. The van der Waals surface area contributed by atoms with Gasteiger partial charge in [-0.3, -0.25) is 4.79 Å². The molecule has 0 unspecified atom stereocenters. The number of rotatable bonds is 2. The molecule has 0 aromatic carbocycles. The predicted molar refractivity (Wildman–Crippen MR) is 43.2 cm³/mol. The van der Waals surface area contributed by atoms with Crippen LogP contribution in [0.15, 0.2) is 12.5 Å². The highest BCUT2D eigenvalue weighted by atomic mass is 16.2. The van der Waals surface area contributed by atoms with Crippen molar-refractivity contribution >= 4 is 12.3 Å². The van der Waals surface area contributed by atoms with Crippen molar-refractivity contribution in [1.82, 2.24) is 9.88 Å². The van der Waals surface area contributed by atoms with Gasteiger partial charge in [0.15, 0.2) is 12.0 Å². The summed E-state index contributed by atoms with van der Waals surface area (Å²) in [6.07, 6.45) is 5.09. The number of carbonyl (C=O) groups excluding carboxylic acids is 2.